The lowest BCUT2D eigenvalue weighted by Crippen LogP contribution is -2.75. The van der Waals surface area contributed by atoms with Gasteiger partial charge in [0.1, 0.15) is 20.0 Å². The normalized spacial score (nSPS) is 60.3. The fourth-order valence-electron chi connectivity index (χ4n) is 2.46. The third-order valence-corrected chi connectivity index (χ3v) is 3.23. The molecule has 0 aromatic carbocycles. The second kappa shape index (κ2) is 1.97. The first kappa shape index (κ1) is 6.80. The predicted molar refractivity (Wildman–Crippen MR) is 43.9 cm³/mol. The zero-order chi connectivity index (χ0) is 7.47. The molecule has 0 N–H and O–H groups in total. The van der Waals surface area contributed by atoms with Crippen molar-refractivity contribution < 1.29 is 3.51 Å². The molecule has 11 heavy (non-hydrogen) atoms. The molecule has 0 aliphatic carbocycles. The molecule has 5 heteroatoms. The average Bonchev–Trinajstić information content (AvgIpc) is 1.79. The largest absolute Gasteiger partial charge is 0.230 e. The fourth-order valence-corrected chi connectivity index (χ4v) is 3.41. The molecule has 4 saturated heterocycles. The van der Waals surface area contributed by atoms with Crippen molar-refractivity contribution in [1.82, 2.24) is 14.7 Å². The molecule has 0 aromatic heterocycles. The zero-order valence-corrected chi connectivity index (χ0v) is 8.00. The maximum Gasteiger partial charge on any atom is 0.230 e. The van der Waals surface area contributed by atoms with Crippen LogP contribution < -0.4 is 0 Å². The summed E-state index contributed by atoms with van der Waals surface area (Å²) >= 11 is 3.77. The summed E-state index contributed by atoms with van der Waals surface area (Å²) in [5.74, 6) is 0. The van der Waals surface area contributed by atoms with Crippen molar-refractivity contribution in [3.63, 3.8) is 0 Å². The van der Waals surface area contributed by atoms with Gasteiger partial charge in [0.05, 0.1) is 20.0 Å². The van der Waals surface area contributed by atoms with E-state index in [0.717, 1.165) is 3.51 Å². The minimum Gasteiger partial charge on any atom is -0.229 e. The van der Waals surface area contributed by atoms with Gasteiger partial charge in [0, 0.05) is 0 Å². The van der Waals surface area contributed by atoms with E-state index in [1.54, 1.807) is 0 Å². The molecule has 4 heterocycles. The lowest BCUT2D eigenvalue weighted by Gasteiger charge is -2.57. The van der Waals surface area contributed by atoms with Crippen LogP contribution in [0.3, 0.4) is 0 Å². The highest BCUT2D eigenvalue weighted by atomic mass is 79.9. The third kappa shape index (κ3) is 0.957. The van der Waals surface area contributed by atoms with Gasteiger partial charge in [-0.05, 0) is 0 Å². The van der Waals surface area contributed by atoms with Crippen molar-refractivity contribution in [1.29, 1.82) is 0 Å². The van der Waals surface area contributed by atoms with E-state index in [4.69, 9.17) is 0 Å². The van der Waals surface area contributed by atoms with Gasteiger partial charge in [-0.3, -0.25) is 0 Å². The number of nitrogens with zero attached hydrogens (tertiary/aromatic N) is 4. The second-order valence-electron chi connectivity index (χ2n) is 3.89. The molecule has 4 nitrogen and oxygen atoms in total. The quantitative estimate of drug-likeness (QED) is 0.524. The summed E-state index contributed by atoms with van der Waals surface area (Å²) in [6.07, 6.45) is 0. The van der Waals surface area contributed by atoms with Crippen molar-refractivity contribution in [3.8, 4) is 0 Å². The van der Waals surface area contributed by atoms with Crippen molar-refractivity contribution in [3.05, 3.63) is 0 Å². The summed E-state index contributed by atoms with van der Waals surface area (Å²) in [7, 11) is 0. The number of rotatable bonds is 0. The van der Waals surface area contributed by atoms with Crippen molar-refractivity contribution in [2.24, 2.45) is 0 Å². The minimum atomic E-state index is 1.02. The van der Waals surface area contributed by atoms with Crippen LogP contribution in [0.1, 0.15) is 0 Å². The molecule has 4 fully saturated rings. The van der Waals surface area contributed by atoms with Crippen LogP contribution in [-0.4, -0.2) is 58.2 Å². The van der Waals surface area contributed by atoms with Crippen molar-refractivity contribution in [2.75, 3.05) is 40.0 Å². The van der Waals surface area contributed by atoms with Crippen LogP contribution in [-0.2, 0) is 0 Å². The van der Waals surface area contributed by atoms with Gasteiger partial charge >= 0.3 is 0 Å². The van der Waals surface area contributed by atoms with E-state index in [2.05, 4.69) is 30.8 Å². The van der Waals surface area contributed by atoms with Crippen LogP contribution in [0.4, 0.5) is 0 Å². The Morgan fingerprint density at radius 3 is 1.45 bits per heavy atom. The number of hydrogen-bond donors (Lipinski definition) is 0. The SMILES string of the molecule is Br[N+]12CN3CN(CN(C3)C1)C2. The van der Waals surface area contributed by atoms with Gasteiger partial charge in [-0.15, -0.1) is 0 Å². The molecule has 0 amide bonds. The Morgan fingerprint density at radius 1 is 0.818 bits per heavy atom. The van der Waals surface area contributed by atoms with Gasteiger partial charge in [0.15, 0.2) is 0 Å². The van der Waals surface area contributed by atoms with E-state index < -0.39 is 0 Å². The summed E-state index contributed by atoms with van der Waals surface area (Å²) in [4.78, 5) is 7.43. The molecule has 0 radical (unpaired) electrons. The van der Waals surface area contributed by atoms with Crippen LogP contribution in [0, 0.1) is 0 Å². The summed E-state index contributed by atoms with van der Waals surface area (Å²) in [5, 5.41) is 0. The Kier molecular flexibility index (Phi) is 1.22. The summed E-state index contributed by atoms with van der Waals surface area (Å²) in [6, 6.07) is 0. The lowest BCUT2D eigenvalue weighted by atomic mass is 10.4. The molecule has 4 aliphatic rings. The molecule has 0 atom stereocenters. The van der Waals surface area contributed by atoms with Crippen molar-refractivity contribution >= 4 is 16.1 Å². The average molecular weight is 220 g/mol. The Balaban J connectivity index is 1.94. The van der Waals surface area contributed by atoms with E-state index in [-0.39, 0.29) is 0 Å². The fraction of sp³-hybridized carbons (Fsp3) is 1.00. The number of quaternary nitrogens is 1. The predicted octanol–water partition coefficient (Wildman–Crippen LogP) is -0.195. The molecular weight excluding hydrogens is 208 g/mol. The van der Waals surface area contributed by atoms with Gasteiger partial charge in [0.25, 0.3) is 0 Å². The second-order valence-corrected chi connectivity index (χ2v) is 5.39. The van der Waals surface area contributed by atoms with E-state index in [9.17, 15) is 0 Å². The van der Waals surface area contributed by atoms with Crippen LogP contribution >= 0.6 is 16.1 Å². The van der Waals surface area contributed by atoms with Crippen LogP contribution in [0.15, 0.2) is 0 Å². The standard InChI is InChI=1S/C6H12BrN4/c7-11-4-8-1-9(5-11)3-10(2-8)6-11/h1-6H2/q+1. The lowest BCUT2D eigenvalue weighted by molar-refractivity contribution is -0.850. The summed E-state index contributed by atoms with van der Waals surface area (Å²) in [6.45, 7) is 7.03. The molecule has 4 bridgehead atoms. The third-order valence-electron chi connectivity index (χ3n) is 2.56. The molecular formula is C6H12BrN4+. The Hall–Kier alpha value is 0.320. The van der Waals surface area contributed by atoms with Crippen LogP contribution in [0.2, 0.25) is 0 Å². The van der Waals surface area contributed by atoms with Crippen molar-refractivity contribution in [2.45, 2.75) is 0 Å². The smallest absolute Gasteiger partial charge is 0.229 e. The Labute approximate surface area is 74.9 Å². The van der Waals surface area contributed by atoms with Gasteiger partial charge < -0.3 is 0 Å². The number of halogens is 1. The molecule has 62 valence electrons. The van der Waals surface area contributed by atoms with E-state index in [1.807, 2.05) is 0 Å². The highest BCUT2D eigenvalue weighted by Gasteiger charge is 2.47. The Morgan fingerprint density at radius 2 is 1.18 bits per heavy atom. The van der Waals surface area contributed by atoms with Gasteiger partial charge in [-0.2, -0.15) is 0 Å². The molecule has 0 spiro atoms. The highest BCUT2D eigenvalue weighted by molar-refractivity contribution is 9.05. The minimum absolute atomic E-state index is 1.02. The zero-order valence-electron chi connectivity index (χ0n) is 6.41. The van der Waals surface area contributed by atoms with E-state index in [1.165, 1.54) is 40.0 Å². The molecule has 4 aliphatic heterocycles. The molecule has 0 saturated carbocycles. The van der Waals surface area contributed by atoms with Gasteiger partial charge in [-0.1, -0.05) is 0 Å². The number of hydrogen-bond acceptors (Lipinski definition) is 3. The first-order valence-corrected chi connectivity index (χ1v) is 4.67. The monoisotopic (exact) mass is 219 g/mol. The summed E-state index contributed by atoms with van der Waals surface area (Å²) in [5.41, 5.74) is 0. The summed E-state index contributed by atoms with van der Waals surface area (Å²) < 4.78 is 1.02. The topological polar surface area (TPSA) is 9.72 Å². The van der Waals surface area contributed by atoms with Crippen LogP contribution in [0.5, 0.6) is 0 Å². The Bertz CT molecular complexity index is 160. The maximum absolute atomic E-state index is 3.77. The highest BCUT2D eigenvalue weighted by Crippen LogP contribution is 2.31. The molecule has 0 aromatic rings. The molecule has 0 unspecified atom stereocenters. The van der Waals surface area contributed by atoms with Gasteiger partial charge in [-0.25, -0.2) is 18.2 Å². The van der Waals surface area contributed by atoms with E-state index in [0.29, 0.717) is 0 Å². The van der Waals surface area contributed by atoms with E-state index >= 15 is 0 Å². The first-order chi connectivity index (χ1) is 5.23. The van der Waals surface area contributed by atoms with Crippen LogP contribution in [0.25, 0.3) is 0 Å². The maximum atomic E-state index is 3.77. The molecule has 4 rings (SSSR count). The van der Waals surface area contributed by atoms with Gasteiger partial charge in [0.2, 0.25) is 16.1 Å². The first-order valence-electron chi connectivity index (χ1n) is 3.96.